The lowest BCUT2D eigenvalue weighted by Crippen LogP contribution is -2.45. The van der Waals surface area contributed by atoms with Crippen LogP contribution >= 0.6 is 11.8 Å². The van der Waals surface area contributed by atoms with Gasteiger partial charge in [0.25, 0.3) is 0 Å². The zero-order chi connectivity index (χ0) is 14.4. The van der Waals surface area contributed by atoms with Crippen LogP contribution in [0.1, 0.15) is 32.6 Å². The molecule has 3 unspecified atom stereocenters. The summed E-state index contributed by atoms with van der Waals surface area (Å²) in [5, 5.41) is 26.0. The molecule has 20 heavy (non-hydrogen) atoms. The van der Waals surface area contributed by atoms with E-state index in [1.54, 1.807) is 11.8 Å². The first-order chi connectivity index (χ1) is 9.67. The van der Waals surface area contributed by atoms with Crippen molar-refractivity contribution in [3.8, 4) is 6.07 Å². The van der Waals surface area contributed by atoms with Crippen LogP contribution in [-0.2, 0) is 0 Å². The fourth-order valence-corrected chi connectivity index (χ4v) is 4.01. The van der Waals surface area contributed by atoms with Crippen molar-refractivity contribution in [1.82, 2.24) is 10.6 Å². The van der Waals surface area contributed by atoms with Gasteiger partial charge >= 0.3 is 0 Å². The van der Waals surface area contributed by atoms with Gasteiger partial charge in [-0.05, 0) is 38.4 Å². The van der Waals surface area contributed by atoms with Crippen molar-refractivity contribution in [2.24, 2.45) is 10.9 Å². The molecule has 1 heterocycles. The van der Waals surface area contributed by atoms with Gasteiger partial charge < -0.3 is 15.7 Å². The standard InChI is InChI=1S/C14H24N4OS/c1-2-16-13(17-9-14(19)6-7-20-10-14)18-12-5-3-4-11(12)8-15/h11-12,19H,2-7,9-10H2,1H3,(H2,16,17,18). The second-order valence-electron chi connectivity index (χ2n) is 5.64. The second kappa shape index (κ2) is 7.19. The molecule has 1 aliphatic heterocycles. The molecule has 0 bridgehead atoms. The van der Waals surface area contributed by atoms with Gasteiger partial charge in [-0.25, -0.2) is 0 Å². The molecule has 0 aromatic rings. The van der Waals surface area contributed by atoms with Crippen LogP contribution in [0, 0.1) is 17.2 Å². The normalized spacial score (nSPS) is 34.0. The van der Waals surface area contributed by atoms with Gasteiger partial charge in [-0.2, -0.15) is 17.0 Å². The van der Waals surface area contributed by atoms with E-state index in [4.69, 9.17) is 5.26 Å². The summed E-state index contributed by atoms with van der Waals surface area (Å²) >= 11 is 1.78. The molecule has 2 rings (SSSR count). The number of nitrogens with zero attached hydrogens (tertiary/aromatic N) is 2. The van der Waals surface area contributed by atoms with Crippen molar-refractivity contribution < 1.29 is 5.11 Å². The maximum atomic E-state index is 10.3. The summed E-state index contributed by atoms with van der Waals surface area (Å²) in [4.78, 5) is 4.52. The van der Waals surface area contributed by atoms with Crippen LogP contribution in [0.15, 0.2) is 4.99 Å². The minimum absolute atomic E-state index is 0.0731. The zero-order valence-corrected chi connectivity index (χ0v) is 12.9. The molecule has 0 radical (unpaired) electrons. The summed E-state index contributed by atoms with van der Waals surface area (Å²) in [6.45, 7) is 3.23. The summed E-state index contributed by atoms with van der Waals surface area (Å²) in [6, 6.07) is 2.55. The maximum absolute atomic E-state index is 10.3. The molecule has 6 heteroatoms. The van der Waals surface area contributed by atoms with Crippen LogP contribution in [0.3, 0.4) is 0 Å². The van der Waals surface area contributed by atoms with Gasteiger partial charge in [-0.3, -0.25) is 4.99 Å². The van der Waals surface area contributed by atoms with E-state index in [0.717, 1.165) is 49.7 Å². The Hall–Kier alpha value is -0.930. The van der Waals surface area contributed by atoms with E-state index in [-0.39, 0.29) is 12.0 Å². The number of rotatable bonds is 4. The Kier molecular flexibility index (Phi) is 5.55. The van der Waals surface area contributed by atoms with Crippen LogP contribution in [0.25, 0.3) is 0 Å². The monoisotopic (exact) mass is 296 g/mol. The summed E-state index contributed by atoms with van der Waals surface area (Å²) in [5.74, 6) is 2.57. The van der Waals surface area contributed by atoms with E-state index in [2.05, 4.69) is 21.7 Å². The van der Waals surface area contributed by atoms with Crippen LogP contribution < -0.4 is 10.6 Å². The molecule has 1 aliphatic carbocycles. The van der Waals surface area contributed by atoms with Gasteiger partial charge in [0, 0.05) is 18.3 Å². The summed E-state index contributed by atoms with van der Waals surface area (Å²) in [6.07, 6.45) is 3.89. The Morgan fingerprint density at radius 1 is 1.55 bits per heavy atom. The number of guanidine groups is 1. The Morgan fingerprint density at radius 2 is 2.40 bits per heavy atom. The summed E-state index contributed by atoms with van der Waals surface area (Å²) in [7, 11) is 0. The number of hydrogen-bond acceptors (Lipinski definition) is 4. The van der Waals surface area contributed by atoms with Crippen molar-refractivity contribution in [3.05, 3.63) is 0 Å². The molecular formula is C14H24N4OS. The quantitative estimate of drug-likeness (QED) is 0.535. The highest BCUT2D eigenvalue weighted by Crippen LogP contribution is 2.28. The van der Waals surface area contributed by atoms with Crippen LogP contribution in [0.4, 0.5) is 0 Å². The molecule has 0 aromatic heterocycles. The van der Waals surface area contributed by atoms with E-state index >= 15 is 0 Å². The molecule has 2 fully saturated rings. The smallest absolute Gasteiger partial charge is 0.191 e. The third-order valence-corrected chi connectivity index (χ3v) is 5.20. The molecular weight excluding hydrogens is 272 g/mol. The van der Waals surface area contributed by atoms with Crippen LogP contribution in [0.2, 0.25) is 0 Å². The largest absolute Gasteiger partial charge is 0.387 e. The lowest BCUT2D eigenvalue weighted by Gasteiger charge is -2.22. The van der Waals surface area contributed by atoms with E-state index < -0.39 is 5.60 Å². The van der Waals surface area contributed by atoms with Crippen LogP contribution in [-0.4, -0.2) is 47.3 Å². The first-order valence-corrected chi connectivity index (χ1v) is 8.57. The first kappa shape index (κ1) is 15.5. The third kappa shape index (κ3) is 4.03. The topological polar surface area (TPSA) is 80.4 Å². The number of nitriles is 1. The van der Waals surface area contributed by atoms with Crippen molar-refractivity contribution in [2.45, 2.75) is 44.2 Å². The predicted molar refractivity (Wildman–Crippen MR) is 82.7 cm³/mol. The van der Waals surface area contributed by atoms with Crippen molar-refractivity contribution in [1.29, 1.82) is 5.26 Å². The molecule has 0 spiro atoms. The Balaban J connectivity index is 1.94. The van der Waals surface area contributed by atoms with Crippen LogP contribution in [0.5, 0.6) is 0 Å². The fraction of sp³-hybridized carbons (Fsp3) is 0.857. The molecule has 2 aliphatic rings. The Bertz CT molecular complexity index is 387. The average molecular weight is 296 g/mol. The molecule has 1 saturated heterocycles. The van der Waals surface area contributed by atoms with E-state index in [0.29, 0.717) is 6.54 Å². The number of thioether (sulfide) groups is 1. The van der Waals surface area contributed by atoms with Crippen molar-refractivity contribution in [2.75, 3.05) is 24.6 Å². The first-order valence-electron chi connectivity index (χ1n) is 7.41. The Morgan fingerprint density at radius 3 is 3.05 bits per heavy atom. The molecule has 3 N–H and O–H groups in total. The summed E-state index contributed by atoms with van der Waals surface area (Å²) in [5.41, 5.74) is -0.655. The molecule has 0 amide bonds. The highest BCUT2D eigenvalue weighted by atomic mass is 32.2. The zero-order valence-electron chi connectivity index (χ0n) is 12.1. The number of aliphatic imine (C=N–C) groups is 1. The van der Waals surface area contributed by atoms with E-state index in [1.165, 1.54) is 0 Å². The highest BCUT2D eigenvalue weighted by molar-refractivity contribution is 7.99. The predicted octanol–water partition coefficient (Wildman–Crippen LogP) is 1.10. The minimum atomic E-state index is -0.655. The third-order valence-electron chi connectivity index (χ3n) is 3.96. The fourth-order valence-electron chi connectivity index (χ4n) is 2.73. The molecule has 112 valence electrons. The Labute approximate surface area is 125 Å². The summed E-state index contributed by atoms with van der Waals surface area (Å²) < 4.78 is 0. The second-order valence-corrected chi connectivity index (χ2v) is 6.74. The number of aliphatic hydroxyl groups is 1. The molecule has 1 saturated carbocycles. The molecule has 3 atom stereocenters. The van der Waals surface area contributed by atoms with Gasteiger partial charge in [0.1, 0.15) is 0 Å². The molecule has 5 nitrogen and oxygen atoms in total. The van der Waals surface area contributed by atoms with Gasteiger partial charge in [0.15, 0.2) is 5.96 Å². The van der Waals surface area contributed by atoms with Gasteiger partial charge in [-0.1, -0.05) is 0 Å². The highest BCUT2D eigenvalue weighted by Gasteiger charge is 2.32. The lowest BCUT2D eigenvalue weighted by atomic mass is 10.0. The molecule has 0 aromatic carbocycles. The maximum Gasteiger partial charge on any atom is 0.191 e. The van der Waals surface area contributed by atoms with E-state index in [9.17, 15) is 5.11 Å². The number of nitrogens with one attached hydrogen (secondary N) is 2. The van der Waals surface area contributed by atoms with Gasteiger partial charge in [0.05, 0.1) is 24.1 Å². The van der Waals surface area contributed by atoms with E-state index in [1.807, 2.05) is 6.92 Å². The minimum Gasteiger partial charge on any atom is -0.387 e. The van der Waals surface area contributed by atoms with Gasteiger partial charge in [-0.15, -0.1) is 0 Å². The number of hydrogen-bond donors (Lipinski definition) is 3. The lowest BCUT2D eigenvalue weighted by molar-refractivity contribution is 0.0778. The van der Waals surface area contributed by atoms with Crippen molar-refractivity contribution in [3.63, 3.8) is 0 Å². The SMILES string of the molecule is CCNC(=NCC1(O)CCSC1)NC1CCCC1C#N. The van der Waals surface area contributed by atoms with Crippen molar-refractivity contribution >= 4 is 17.7 Å². The van der Waals surface area contributed by atoms with Gasteiger partial charge in [0.2, 0.25) is 0 Å². The average Bonchev–Trinajstić information content (AvgIpc) is 3.06.